The summed E-state index contributed by atoms with van der Waals surface area (Å²) in [6.07, 6.45) is 0.859. The molecule has 4 aromatic rings. The average Bonchev–Trinajstić information content (AvgIpc) is 3.19. The molecule has 5 rings (SSSR count). The van der Waals surface area contributed by atoms with Gasteiger partial charge in [-0.25, -0.2) is 0 Å². The number of nitrogens with zero attached hydrogens (tertiary/aromatic N) is 1. The Balaban J connectivity index is 1.81. The minimum absolute atomic E-state index is 0.859. The molecule has 0 atom stereocenters. The van der Waals surface area contributed by atoms with Gasteiger partial charge in [-0.1, -0.05) is 48.5 Å². The quantitative estimate of drug-likeness (QED) is 0.589. The summed E-state index contributed by atoms with van der Waals surface area (Å²) in [5.41, 5.74) is 7.38. The highest BCUT2D eigenvalue weighted by atomic mass is 14.9. The third kappa shape index (κ3) is 1.97. The van der Waals surface area contributed by atoms with Crippen molar-refractivity contribution in [3.8, 4) is 0 Å². The van der Waals surface area contributed by atoms with Crippen molar-refractivity contribution in [2.75, 3.05) is 0 Å². The minimum Gasteiger partial charge on any atom is -0.353 e. The molecule has 0 bridgehead atoms. The van der Waals surface area contributed by atoms with Crippen LogP contribution in [0.25, 0.3) is 21.8 Å². The van der Waals surface area contributed by atoms with Crippen LogP contribution in [0.2, 0.25) is 0 Å². The summed E-state index contributed by atoms with van der Waals surface area (Å²) in [6.45, 7) is 1.78. The van der Waals surface area contributed by atoms with Gasteiger partial charge < -0.3 is 10.3 Å². The SMILES string of the molecule is c1ccc(Cc2nc3c(c4c2[nH]c2ccccc24)CNC3)cc1. The summed E-state index contributed by atoms with van der Waals surface area (Å²) in [5.74, 6) is 0. The zero-order valence-electron chi connectivity index (χ0n) is 12.8. The minimum atomic E-state index is 0.859. The molecule has 3 heterocycles. The van der Waals surface area contributed by atoms with E-state index in [0.717, 1.165) is 25.2 Å². The van der Waals surface area contributed by atoms with Gasteiger partial charge >= 0.3 is 0 Å². The second-order valence-corrected chi connectivity index (χ2v) is 6.17. The molecule has 0 radical (unpaired) electrons. The van der Waals surface area contributed by atoms with Crippen molar-refractivity contribution in [3.63, 3.8) is 0 Å². The molecule has 0 saturated carbocycles. The molecule has 2 aromatic carbocycles. The van der Waals surface area contributed by atoms with Gasteiger partial charge in [-0.2, -0.15) is 0 Å². The van der Waals surface area contributed by atoms with E-state index in [0.29, 0.717) is 0 Å². The lowest BCUT2D eigenvalue weighted by molar-refractivity contribution is 0.757. The molecule has 1 aliphatic heterocycles. The van der Waals surface area contributed by atoms with E-state index in [9.17, 15) is 0 Å². The lowest BCUT2D eigenvalue weighted by Gasteiger charge is -2.07. The number of rotatable bonds is 2. The number of aromatic amines is 1. The molecule has 3 heteroatoms. The molecule has 0 amide bonds. The van der Waals surface area contributed by atoms with Gasteiger partial charge in [0.1, 0.15) is 0 Å². The Labute approximate surface area is 134 Å². The van der Waals surface area contributed by atoms with Crippen LogP contribution >= 0.6 is 0 Å². The fourth-order valence-electron chi connectivity index (χ4n) is 3.66. The number of aromatic nitrogens is 2. The van der Waals surface area contributed by atoms with Crippen molar-refractivity contribution in [2.45, 2.75) is 19.5 Å². The van der Waals surface area contributed by atoms with Gasteiger partial charge in [0, 0.05) is 35.8 Å². The molecule has 0 saturated heterocycles. The number of hydrogen-bond donors (Lipinski definition) is 2. The van der Waals surface area contributed by atoms with Crippen LogP contribution < -0.4 is 5.32 Å². The van der Waals surface area contributed by atoms with Crippen molar-refractivity contribution < 1.29 is 0 Å². The summed E-state index contributed by atoms with van der Waals surface area (Å²) < 4.78 is 0. The number of benzene rings is 2. The number of fused-ring (bicyclic) bond motifs is 5. The maximum Gasteiger partial charge on any atom is 0.0692 e. The molecule has 0 unspecified atom stereocenters. The first-order valence-electron chi connectivity index (χ1n) is 8.06. The normalized spacial score (nSPS) is 13.7. The highest BCUT2D eigenvalue weighted by Gasteiger charge is 2.21. The van der Waals surface area contributed by atoms with Crippen LogP contribution in [-0.4, -0.2) is 9.97 Å². The van der Waals surface area contributed by atoms with E-state index < -0.39 is 0 Å². The summed E-state index contributed by atoms with van der Waals surface area (Å²) in [6, 6.07) is 19.1. The number of para-hydroxylation sites is 1. The van der Waals surface area contributed by atoms with Gasteiger partial charge in [-0.3, -0.25) is 4.98 Å². The van der Waals surface area contributed by atoms with E-state index in [4.69, 9.17) is 4.98 Å². The number of H-pyrrole nitrogens is 1. The van der Waals surface area contributed by atoms with Gasteiger partial charge in [0.25, 0.3) is 0 Å². The molecule has 112 valence electrons. The first kappa shape index (κ1) is 12.9. The van der Waals surface area contributed by atoms with E-state index in [1.807, 2.05) is 0 Å². The summed E-state index contributed by atoms with van der Waals surface area (Å²) >= 11 is 0. The van der Waals surface area contributed by atoms with Crippen LogP contribution in [0.4, 0.5) is 0 Å². The number of nitrogens with one attached hydrogen (secondary N) is 2. The van der Waals surface area contributed by atoms with Crippen molar-refractivity contribution in [3.05, 3.63) is 77.1 Å². The Bertz CT molecular complexity index is 1020. The second kappa shape index (κ2) is 4.93. The molecule has 0 spiro atoms. The standard InChI is InChI=1S/C20H17N3/c1-2-6-13(7-3-1)10-17-20-19(15-11-21-12-18(15)22-17)14-8-4-5-9-16(14)23-20/h1-9,21,23H,10-12H2. The van der Waals surface area contributed by atoms with Gasteiger partial charge in [-0.05, 0) is 17.2 Å². The number of hydrogen-bond acceptors (Lipinski definition) is 2. The third-order valence-electron chi connectivity index (χ3n) is 4.72. The predicted octanol–water partition coefficient (Wildman–Crippen LogP) is 3.91. The van der Waals surface area contributed by atoms with Gasteiger partial charge in [0.2, 0.25) is 0 Å². The molecule has 2 N–H and O–H groups in total. The van der Waals surface area contributed by atoms with Gasteiger partial charge in [-0.15, -0.1) is 0 Å². The van der Waals surface area contributed by atoms with E-state index in [1.54, 1.807) is 0 Å². The zero-order chi connectivity index (χ0) is 15.2. The Morgan fingerprint density at radius 2 is 1.74 bits per heavy atom. The zero-order valence-corrected chi connectivity index (χ0v) is 12.8. The maximum atomic E-state index is 4.98. The summed E-state index contributed by atoms with van der Waals surface area (Å²) in [7, 11) is 0. The van der Waals surface area contributed by atoms with E-state index in [1.165, 1.54) is 38.6 Å². The molecule has 23 heavy (non-hydrogen) atoms. The van der Waals surface area contributed by atoms with Crippen molar-refractivity contribution in [1.82, 2.24) is 15.3 Å². The summed E-state index contributed by atoms with van der Waals surface area (Å²) in [4.78, 5) is 8.58. The Morgan fingerprint density at radius 3 is 2.65 bits per heavy atom. The van der Waals surface area contributed by atoms with Crippen LogP contribution in [0.5, 0.6) is 0 Å². The van der Waals surface area contributed by atoms with Crippen LogP contribution in [0.15, 0.2) is 54.6 Å². The van der Waals surface area contributed by atoms with Crippen molar-refractivity contribution in [2.24, 2.45) is 0 Å². The fraction of sp³-hybridized carbons (Fsp3) is 0.150. The molecular formula is C20H17N3. The predicted molar refractivity (Wildman–Crippen MR) is 93.4 cm³/mol. The first-order valence-corrected chi connectivity index (χ1v) is 8.06. The highest BCUT2D eigenvalue weighted by molar-refractivity contribution is 6.10. The Morgan fingerprint density at radius 1 is 0.913 bits per heavy atom. The van der Waals surface area contributed by atoms with Crippen molar-refractivity contribution in [1.29, 1.82) is 0 Å². The molecule has 0 aliphatic carbocycles. The smallest absolute Gasteiger partial charge is 0.0692 e. The van der Waals surface area contributed by atoms with E-state index in [-0.39, 0.29) is 0 Å². The molecule has 3 nitrogen and oxygen atoms in total. The largest absolute Gasteiger partial charge is 0.353 e. The van der Waals surface area contributed by atoms with Gasteiger partial charge in [0.05, 0.1) is 16.9 Å². The van der Waals surface area contributed by atoms with Crippen molar-refractivity contribution >= 4 is 21.8 Å². The van der Waals surface area contributed by atoms with Crippen LogP contribution in [0.3, 0.4) is 0 Å². The molecule has 2 aromatic heterocycles. The van der Waals surface area contributed by atoms with E-state index in [2.05, 4.69) is 64.9 Å². The summed E-state index contributed by atoms with van der Waals surface area (Å²) in [5, 5.41) is 6.10. The topological polar surface area (TPSA) is 40.7 Å². The Kier molecular flexibility index (Phi) is 2.76. The van der Waals surface area contributed by atoms with E-state index >= 15 is 0 Å². The highest BCUT2D eigenvalue weighted by Crippen LogP contribution is 2.34. The lowest BCUT2D eigenvalue weighted by Crippen LogP contribution is -2.01. The monoisotopic (exact) mass is 299 g/mol. The lowest BCUT2D eigenvalue weighted by atomic mass is 10.0. The molecule has 1 aliphatic rings. The maximum absolute atomic E-state index is 4.98. The van der Waals surface area contributed by atoms with Crippen LogP contribution in [-0.2, 0) is 19.5 Å². The third-order valence-corrected chi connectivity index (χ3v) is 4.72. The first-order chi connectivity index (χ1) is 11.4. The van der Waals surface area contributed by atoms with Crippen LogP contribution in [0, 0.1) is 0 Å². The average molecular weight is 299 g/mol. The molecule has 0 fully saturated rings. The molecular weight excluding hydrogens is 282 g/mol. The number of pyridine rings is 1. The second-order valence-electron chi connectivity index (χ2n) is 6.17. The van der Waals surface area contributed by atoms with Crippen LogP contribution in [0.1, 0.15) is 22.5 Å². The van der Waals surface area contributed by atoms with Gasteiger partial charge in [0.15, 0.2) is 0 Å². The Hall–Kier alpha value is -2.65. The fourth-order valence-corrected chi connectivity index (χ4v) is 3.66.